The van der Waals surface area contributed by atoms with E-state index in [4.69, 9.17) is 0 Å². The predicted molar refractivity (Wildman–Crippen MR) is 151 cm³/mol. The number of nitrogens with zero attached hydrogens (tertiary/aromatic N) is 3. The molecule has 3 aromatic carbocycles. The van der Waals surface area contributed by atoms with E-state index in [2.05, 4.69) is 113 Å². The van der Waals surface area contributed by atoms with Crippen LogP contribution < -0.4 is 53.1 Å². The molecule has 3 fully saturated rings. The van der Waals surface area contributed by atoms with Crippen molar-refractivity contribution >= 4 is 31.8 Å². The number of rotatable bonds is 3. The van der Waals surface area contributed by atoms with Gasteiger partial charge in [0.1, 0.15) is 0 Å². The molecule has 2 bridgehead atoms. The van der Waals surface area contributed by atoms with Gasteiger partial charge in [-0.3, -0.25) is 4.90 Å². The summed E-state index contributed by atoms with van der Waals surface area (Å²) in [5, 5.41) is 8.62. The van der Waals surface area contributed by atoms with Gasteiger partial charge in [0.25, 0.3) is 0 Å². The van der Waals surface area contributed by atoms with Crippen molar-refractivity contribution in [3.05, 3.63) is 128 Å². The van der Waals surface area contributed by atoms with Gasteiger partial charge in [-0.2, -0.15) is 0 Å². The Kier molecular flexibility index (Phi) is 25.4. The average Bonchev–Trinajstić information content (AvgIpc) is 3.47. The summed E-state index contributed by atoms with van der Waals surface area (Å²) in [5.74, 6) is 0. The van der Waals surface area contributed by atoms with Gasteiger partial charge in [0.05, 0.1) is 0 Å². The average molecular weight is 752 g/mol. The van der Waals surface area contributed by atoms with E-state index in [0.29, 0.717) is 0 Å². The number of benzene rings is 3. The molecule has 5 radical (unpaired) electrons. The number of halogens is 3. The van der Waals surface area contributed by atoms with Crippen LogP contribution in [0.5, 0.6) is 0 Å². The molecule has 0 aromatic heterocycles. The molecule has 3 nitrogen and oxygen atoms in total. The van der Waals surface area contributed by atoms with Crippen molar-refractivity contribution in [1.82, 2.24) is 9.80 Å². The van der Waals surface area contributed by atoms with Crippen molar-refractivity contribution in [3.8, 4) is 0 Å². The summed E-state index contributed by atoms with van der Waals surface area (Å²) >= 11 is 0. The Morgan fingerprint density at radius 2 is 1.03 bits per heavy atom. The van der Waals surface area contributed by atoms with Gasteiger partial charge in [0.15, 0.2) is 0 Å². The maximum absolute atomic E-state index is 4.42. The molecule has 1 aliphatic carbocycles. The molecule has 2 aliphatic heterocycles. The molecule has 1 saturated carbocycles. The Balaban J connectivity index is 0. The van der Waals surface area contributed by atoms with E-state index in [9.17, 15) is 0 Å². The van der Waals surface area contributed by atoms with Crippen LogP contribution in [0.2, 0.25) is 0 Å². The molecule has 2 unspecified atom stereocenters. The number of hydrogen-bond acceptors (Lipinski definition) is 2. The first kappa shape index (κ1) is 41.5. The third-order valence-corrected chi connectivity index (χ3v) is 10.2. The van der Waals surface area contributed by atoms with Gasteiger partial charge in [-0.25, -0.2) is 0 Å². The summed E-state index contributed by atoms with van der Waals surface area (Å²) < 4.78 is 0. The molecule has 0 amide bonds. The Morgan fingerprint density at radius 3 is 1.38 bits per heavy atom. The smallest absolute Gasteiger partial charge is 1.00 e. The summed E-state index contributed by atoms with van der Waals surface area (Å²) in [4.78, 5) is 4.84. The van der Waals surface area contributed by atoms with Crippen LogP contribution in [0.3, 0.4) is 0 Å². The Morgan fingerprint density at radius 1 is 0.641 bits per heavy atom. The topological polar surface area (TPSA) is 20.6 Å². The Bertz CT molecular complexity index is 846. The molecule has 2 heterocycles. The van der Waals surface area contributed by atoms with Gasteiger partial charge in [-0.05, 0) is 63.0 Å². The second-order valence-corrected chi connectivity index (χ2v) is 12.8. The van der Waals surface area contributed by atoms with Gasteiger partial charge in [-0.1, -0.05) is 106 Å². The van der Waals surface area contributed by atoms with E-state index in [1.165, 1.54) is 28.5 Å². The predicted octanol–water partition coefficient (Wildman–Crippen LogP) is -3.64. The molecule has 10 heteroatoms. The summed E-state index contributed by atoms with van der Waals surface area (Å²) in [7, 11) is 1.98. The van der Waals surface area contributed by atoms with Gasteiger partial charge in [-0.15, -0.1) is 6.29 Å². The van der Waals surface area contributed by atoms with Crippen LogP contribution >= 0.6 is 15.8 Å². The second kappa shape index (κ2) is 23.9. The molecule has 213 valence electrons. The molecule has 2 atom stereocenters. The first-order valence-electron chi connectivity index (χ1n) is 11.7. The molecule has 2 saturated heterocycles. The minimum Gasteiger partial charge on any atom is -1.00 e. The Labute approximate surface area is 280 Å². The SMILES string of the molecule is CN1CN2C[N-]CP(C1)C2.[CH]1[CH][CH][CH][CH]1.[Cl-].[Cl-].[Cl-].[Ni+2].[Ru+2].c1ccc(P(c2ccccc2)c2ccccc2)cc1. The molecule has 6 rings (SSSR count). The van der Waals surface area contributed by atoms with Crippen LogP contribution in [-0.2, 0) is 36.0 Å². The Hall–Kier alpha value is 0.387. The fourth-order valence-corrected chi connectivity index (χ4v) is 8.57. The first-order valence-corrected chi connectivity index (χ1v) is 14.9. The quantitative estimate of drug-likeness (QED) is 0.204. The van der Waals surface area contributed by atoms with Crippen LogP contribution in [0.4, 0.5) is 0 Å². The van der Waals surface area contributed by atoms with Crippen LogP contribution in [0.1, 0.15) is 0 Å². The van der Waals surface area contributed by atoms with Gasteiger partial charge in [0.2, 0.25) is 0 Å². The van der Waals surface area contributed by atoms with Crippen LogP contribution in [0.15, 0.2) is 91.0 Å². The first-order chi connectivity index (χ1) is 16.8. The van der Waals surface area contributed by atoms with Crippen molar-refractivity contribution < 1.29 is 73.2 Å². The van der Waals surface area contributed by atoms with E-state index in [0.717, 1.165) is 19.6 Å². The van der Waals surface area contributed by atoms with Crippen molar-refractivity contribution in [2.75, 3.05) is 39.2 Å². The zero-order valence-electron chi connectivity index (χ0n) is 21.6. The fourth-order valence-electron chi connectivity index (χ4n) is 4.11. The minimum atomic E-state index is -0.446. The summed E-state index contributed by atoms with van der Waals surface area (Å²) in [6, 6.07) is 32.3. The van der Waals surface area contributed by atoms with E-state index in [1.807, 2.05) is 32.1 Å². The van der Waals surface area contributed by atoms with Crippen LogP contribution in [0.25, 0.3) is 5.32 Å². The van der Waals surface area contributed by atoms with Gasteiger partial charge < -0.3 is 47.4 Å². The molecule has 0 spiro atoms. The van der Waals surface area contributed by atoms with Crippen molar-refractivity contribution in [2.45, 2.75) is 0 Å². The minimum absolute atomic E-state index is 0. The molecule has 39 heavy (non-hydrogen) atoms. The molecule has 3 aromatic rings. The van der Waals surface area contributed by atoms with Crippen molar-refractivity contribution in [1.29, 1.82) is 0 Å². The van der Waals surface area contributed by atoms with E-state index in [1.54, 1.807) is 0 Å². The summed E-state index contributed by atoms with van der Waals surface area (Å²) in [6.07, 6.45) is 13.8. The molecular formula is C29H33Cl3N3NiP2Ru. The largest absolute Gasteiger partial charge is 2.00 e. The fraction of sp³-hybridized carbons (Fsp3) is 0.207. The normalized spacial score (nSPS) is 18.9. The molecule has 0 N–H and O–H groups in total. The zero-order valence-corrected chi connectivity index (χ0v) is 28.4. The third kappa shape index (κ3) is 14.4. The van der Waals surface area contributed by atoms with Crippen LogP contribution in [0, 0.1) is 32.1 Å². The van der Waals surface area contributed by atoms with E-state index >= 15 is 0 Å². The van der Waals surface area contributed by atoms with Gasteiger partial charge in [0, 0.05) is 19.2 Å². The van der Waals surface area contributed by atoms with Gasteiger partial charge >= 0.3 is 36.0 Å². The van der Waals surface area contributed by atoms with E-state index in [-0.39, 0.29) is 81.1 Å². The van der Waals surface area contributed by atoms with Crippen molar-refractivity contribution in [2.24, 2.45) is 0 Å². The molecule has 3 aliphatic rings. The van der Waals surface area contributed by atoms with Crippen molar-refractivity contribution in [3.63, 3.8) is 0 Å². The number of fused-ring (bicyclic) bond motifs is 2. The van der Waals surface area contributed by atoms with Crippen LogP contribution in [-0.4, -0.2) is 49.0 Å². The maximum atomic E-state index is 4.42. The standard InChI is InChI=1S/C18H15P.C6H13N3P.C5H5.3ClH.Ni.Ru/c1-4-10-16(11-5-1)19(17-12-6-2-7-13-17)18-14-8-3-9-15-18;1-8-4-9-2-7-3-10(5-8)6-9;1-2-4-5-3-1;;;;;/h1-15H;2-6H2,1H3;1-5H;3*1H;;/q;-1;;;;;2*+2/p-3. The maximum Gasteiger partial charge on any atom is 2.00 e. The summed E-state index contributed by atoms with van der Waals surface area (Å²) in [5.41, 5.74) is 0. The van der Waals surface area contributed by atoms with E-state index < -0.39 is 7.92 Å². The number of hydrogen-bond donors (Lipinski definition) is 0. The zero-order chi connectivity index (χ0) is 23.4. The summed E-state index contributed by atoms with van der Waals surface area (Å²) in [6.45, 7) is 2.10. The monoisotopic (exact) mass is 750 g/mol. The molecular weight excluding hydrogens is 718 g/mol. The third-order valence-electron chi connectivity index (χ3n) is 5.48. The second-order valence-electron chi connectivity index (χ2n) is 8.43.